The summed E-state index contributed by atoms with van der Waals surface area (Å²) in [4.78, 5) is 31.7. The molecule has 4 N–H and O–H groups in total. The molecule has 38 heavy (non-hydrogen) atoms. The Kier molecular flexibility index (Phi) is 7.32. The minimum absolute atomic E-state index is 0.208. The van der Waals surface area contributed by atoms with E-state index in [4.69, 9.17) is 9.47 Å². The number of fused-ring (bicyclic) bond motifs is 2. The molecule has 10 heteroatoms. The second-order valence-corrected chi connectivity index (χ2v) is 8.70. The number of hydrogen-bond donors (Lipinski definition) is 4. The van der Waals surface area contributed by atoms with E-state index in [9.17, 15) is 9.59 Å². The third kappa shape index (κ3) is 5.35. The number of nitrogens with zero attached hydrogens (tertiary/aromatic N) is 2. The van der Waals surface area contributed by atoms with Crippen LogP contribution < -0.4 is 20.9 Å². The molecule has 2 amide bonds. The molecule has 0 aliphatic heterocycles. The third-order valence-corrected chi connectivity index (χ3v) is 6.10. The zero-order chi connectivity index (χ0) is 26.5. The van der Waals surface area contributed by atoms with E-state index in [1.54, 1.807) is 13.2 Å². The van der Waals surface area contributed by atoms with Gasteiger partial charge in [0.25, 0.3) is 5.56 Å². The van der Waals surface area contributed by atoms with Crippen LogP contribution in [0.15, 0.2) is 65.5 Å². The molecule has 0 saturated heterocycles. The summed E-state index contributed by atoms with van der Waals surface area (Å²) in [6, 6.07) is 19.0. The molecule has 5 rings (SSSR count). The van der Waals surface area contributed by atoms with Crippen LogP contribution >= 0.6 is 0 Å². The second kappa shape index (κ2) is 11.1. The lowest BCUT2D eigenvalue weighted by molar-refractivity contribution is 0.146. The Bertz CT molecular complexity index is 1660. The molecule has 0 saturated carbocycles. The Morgan fingerprint density at radius 1 is 1.03 bits per heavy atom. The highest BCUT2D eigenvalue weighted by atomic mass is 16.5. The first-order valence-electron chi connectivity index (χ1n) is 12.3. The standard InChI is InChI=1S/C28H28N6O4/c1-3-29-28(36)32-27-30-22-10-9-18(16-24(22)31-27)21-14-17(8-11-25(21)38-13-12-37-2)15-23-19-6-4-5-7-20(19)26(35)34-33-23/h4-11,14,16H,3,12-13,15H2,1-2H3,(H,34,35)(H3,29,30,31,32,36). The zero-order valence-corrected chi connectivity index (χ0v) is 21.1. The summed E-state index contributed by atoms with van der Waals surface area (Å²) in [5, 5.41) is 13.8. The smallest absolute Gasteiger partial charge is 0.321 e. The van der Waals surface area contributed by atoms with Gasteiger partial charge in [-0.15, -0.1) is 0 Å². The van der Waals surface area contributed by atoms with E-state index in [2.05, 4.69) is 36.9 Å². The molecule has 194 valence electrons. The number of aromatic amines is 2. The molecule has 2 aromatic heterocycles. The SMILES string of the molecule is CCNC(=O)Nc1nc2ccc(-c3cc(Cc4n[nH]c(=O)c5ccccc45)ccc3OCCOC)cc2[nH]1. The number of carbonyl (C=O) groups is 1. The van der Waals surface area contributed by atoms with Crippen LogP contribution in [0.25, 0.3) is 32.9 Å². The van der Waals surface area contributed by atoms with Gasteiger partial charge in [-0.05, 0) is 48.4 Å². The van der Waals surface area contributed by atoms with E-state index < -0.39 is 0 Å². The number of imidazole rings is 1. The molecule has 0 fully saturated rings. The summed E-state index contributed by atoms with van der Waals surface area (Å²) in [6.07, 6.45) is 0.523. The number of amides is 2. The number of anilines is 1. The van der Waals surface area contributed by atoms with Crippen molar-refractivity contribution in [3.8, 4) is 16.9 Å². The topological polar surface area (TPSA) is 134 Å². The number of hydrogen-bond acceptors (Lipinski definition) is 6. The minimum Gasteiger partial charge on any atom is -0.491 e. The number of carbonyl (C=O) groups excluding carboxylic acids is 1. The molecule has 0 aliphatic rings. The Labute approximate surface area is 218 Å². The molecule has 10 nitrogen and oxygen atoms in total. The van der Waals surface area contributed by atoms with Crippen LogP contribution in [0.5, 0.6) is 5.75 Å². The number of urea groups is 1. The van der Waals surface area contributed by atoms with Crippen LogP contribution in [0.4, 0.5) is 10.7 Å². The number of ether oxygens (including phenoxy) is 2. The second-order valence-electron chi connectivity index (χ2n) is 8.70. The van der Waals surface area contributed by atoms with Gasteiger partial charge in [0.05, 0.1) is 28.7 Å². The van der Waals surface area contributed by atoms with Crippen molar-refractivity contribution in [2.24, 2.45) is 0 Å². The molecule has 0 unspecified atom stereocenters. The number of aromatic nitrogens is 4. The maximum atomic E-state index is 12.2. The van der Waals surface area contributed by atoms with Crippen LogP contribution in [-0.2, 0) is 11.2 Å². The first-order valence-corrected chi connectivity index (χ1v) is 12.3. The fourth-order valence-electron chi connectivity index (χ4n) is 4.32. The first kappa shape index (κ1) is 25.0. The molecule has 0 spiro atoms. The molecule has 5 aromatic rings. The van der Waals surface area contributed by atoms with Crippen LogP contribution in [-0.4, -0.2) is 53.1 Å². The Morgan fingerprint density at radius 3 is 2.68 bits per heavy atom. The van der Waals surface area contributed by atoms with Gasteiger partial charge in [-0.25, -0.2) is 14.9 Å². The normalized spacial score (nSPS) is 11.1. The number of benzene rings is 3. The van der Waals surface area contributed by atoms with E-state index in [0.717, 1.165) is 38.8 Å². The number of rotatable bonds is 9. The largest absolute Gasteiger partial charge is 0.491 e. The lowest BCUT2D eigenvalue weighted by Crippen LogP contribution is -2.28. The highest BCUT2D eigenvalue weighted by Crippen LogP contribution is 2.34. The summed E-state index contributed by atoms with van der Waals surface area (Å²) >= 11 is 0. The van der Waals surface area contributed by atoms with Crippen molar-refractivity contribution in [2.75, 3.05) is 32.2 Å². The number of methoxy groups -OCH3 is 1. The molecule has 0 atom stereocenters. The van der Waals surface area contributed by atoms with Gasteiger partial charge in [0.1, 0.15) is 12.4 Å². The predicted octanol–water partition coefficient (Wildman–Crippen LogP) is 4.22. The molecule has 3 aromatic carbocycles. The third-order valence-electron chi connectivity index (χ3n) is 6.10. The molecule has 2 heterocycles. The average Bonchev–Trinajstić information content (AvgIpc) is 3.32. The summed E-state index contributed by atoms with van der Waals surface area (Å²) in [5.41, 5.74) is 4.89. The van der Waals surface area contributed by atoms with Crippen molar-refractivity contribution in [2.45, 2.75) is 13.3 Å². The van der Waals surface area contributed by atoms with Gasteiger partial charge < -0.3 is 19.8 Å². The van der Waals surface area contributed by atoms with E-state index >= 15 is 0 Å². The lowest BCUT2D eigenvalue weighted by atomic mass is 9.98. The minimum atomic E-state index is -0.322. The van der Waals surface area contributed by atoms with Crippen molar-refractivity contribution < 1.29 is 14.3 Å². The first-order chi connectivity index (χ1) is 18.6. The van der Waals surface area contributed by atoms with E-state index in [1.165, 1.54) is 0 Å². The predicted molar refractivity (Wildman–Crippen MR) is 147 cm³/mol. The average molecular weight is 513 g/mol. The van der Waals surface area contributed by atoms with Crippen LogP contribution in [0.2, 0.25) is 0 Å². The molecular formula is C28H28N6O4. The van der Waals surface area contributed by atoms with Gasteiger partial charge in [0.2, 0.25) is 5.95 Å². The molecular weight excluding hydrogens is 484 g/mol. The van der Waals surface area contributed by atoms with Gasteiger partial charge >= 0.3 is 6.03 Å². The highest BCUT2D eigenvalue weighted by molar-refractivity contribution is 5.91. The van der Waals surface area contributed by atoms with Crippen molar-refractivity contribution in [3.63, 3.8) is 0 Å². The summed E-state index contributed by atoms with van der Waals surface area (Å²) in [5.74, 6) is 1.08. The maximum absolute atomic E-state index is 12.2. The molecule has 0 radical (unpaired) electrons. The lowest BCUT2D eigenvalue weighted by Gasteiger charge is -2.14. The molecule has 0 bridgehead atoms. The van der Waals surface area contributed by atoms with Crippen LogP contribution in [0.1, 0.15) is 18.2 Å². The van der Waals surface area contributed by atoms with Crippen LogP contribution in [0, 0.1) is 0 Å². The van der Waals surface area contributed by atoms with Gasteiger partial charge in [0, 0.05) is 31.0 Å². The van der Waals surface area contributed by atoms with Crippen molar-refractivity contribution >= 4 is 33.8 Å². The highest BCUT2D eigenvalue weighted by Gasteiger charge is 2.14. The number of H-pyrrole nitrogens is 2. The maximum Gasteiger partial charge on any atom is 0.321 e. The monoisotopic (exact) mass is 512 g/mol. The summed E-state index contributed by atoms with van der Waals surface area (Å²) in [7, 11) is 1.63. The Morgan fingerprint density at radius 2 is 1.87 bits per heavy atom. The van der Waals surface area contributed by atoms with Crippen molar-refractivity contribution in [1.82, 2.24) is 25.5 Å². The zero-order valence-electron chi connectivity index (χ0n) is 21.1. The van der Waals surface area contributed by atoms with Gasteiger partial charge in [-0.3, -0.25) is 10.1 Å². The van der Waals surface area contributed by atoms with E-state index in [1.807, 2.05) is 55.5 Å². The summed E-state index contributed by atoms with van der Waals surface area (Å²) in [6.45, 7) is 3.23. The number of nitrogens with one attached hydrogen (secondary N) is 4. The van der Waals surface area contributed by atoms with Crippen molar-refractivity contribution in [1.29, 1.82) is 0 Å². The van der Waals surface area contributed by atoms with Crippen LogP contribution in [0.3, 0.4) is 0 Å². The Hall–Kier alpha value is -4.70. The quantitative estimate of drug-likeness (QED) is 0.219. The van der Waals surface area contributed by atoms with Gasteiger partial charge in [-0.2, -0.15) is 5.10 Å². The fraction of sp³-hybridized carbons (Fsp3) is 0.214. The van der Waals surface area contributed by atoms with E-state index in [-0.39, 0.29) is 11.6 Å². The van der Waals surface area contributed by atoms with E-state index in [0.29, 0.717) is 43.3 Å². The van der Waals surface area contributed by atoms with Gasteiger partial charge in [-0.1, -0.05) is 30.3 Å². The Balaban J connectivity index is 1.51. The van der Waals surface area contributed by atoms with Crippen molar-refractivity contribution in [3.05, 3.63) is 82.3 Å². The fourth-order valence-corrected chi connectivity index (χ4v) is 4.32. The van der Waals surface area contributed by atoms with Gasteiger partial charge in [0.15, 0.2) is 0 Å². The molecule has 0 aliphatic carbocycles. The summed E-state index contributed by atoms with van der Waals surface area (Å²) < 4.78 is 11.2.